The zero-order valence-corrected chi connectivity index (χ0v) is 17.8. The van der Waals surface area contributed by atoms with Crippen molar-refractivity contribution in [3.05, 3.63) is 74.9 Å². The van der Waals surface area contributed by atoms with Crippen LogP contribution in [0.15, 0.2) is 47.5 Å². The van der Waals surface area contributed by atoms with Gasteiger partial charge in [-0.3, -0.25) is 9.59 Å². The fourth-order valence-corrected chi connectivity index (χ4v) is 4.37. The highest BCUT2D eigenvalue weighted by Crippen LogP contribution is 2.25. The molecule has 0 aliphatic rings. The van der Waals surface area contributed by atoms with Crippen LogP contribution in [0.2, 0.25) is 0 Å². The van der Waals surface area contributed by atoms with E-state index in [4.69, 9.17) is 0 Å². The number of nitrogens with one attached hydrogen (secondary N) is 2. The molecule has 0 aliphatic heterocycles. The summed E-state index contributed by atoms with van der Waals surface area (Å²) in [5, 5.41) is 7.80. The van der Waals surface area contributed by atoms with E-state index in [0.717, 1.165) is 32.9 Å². The van der Waals surface area contributed by atoms with E-state index < -0.39 is 0 Å². The van der Waals surface area contributed by atoms with Gasteiger partial charge in [-0.1, -0.05) is 12.1 Å². The minimum absolute atomic E-state index is 0.0514. The van der Waals surface area contributed by atoms with Gasteiger partial charge in [0.15, 0.2) is 0 Å². The van der Waals surface area contributed by atoms with Crippen molar-refractivity contribution in [3.8, 4) is 5.69 Å². The Hall–Kier alpha value is -3.26. The summed E-state index contributed by atoms with van der Waals surface area (Å²) in [6, 6.07) is 9.98. The molecule has 0 aliphatic carbocycles. The number of rotatable bonds is 7. The molecule has 0 saturated heterocycles. The molecule has 1 aromatic carbocycles. The zero-order valence-electron chi connectivity index (χ0n) is 16.9. The average Bonchev–Trinajstić information content (AvgIpc) is 3.36. The molecule has 4 rings (SSSR count). The highest BCUT2D eigenvalue weighted by atomic mass is 32.1. The van der Waals surface area contributed by atoms with Crippen LogP contribution in [0, 0.1) is 13.8 Å². The number of aryl methyl sites for hydroxylation is 3. The van der Waals surface area contributed by atoms with Crippen molar-refractivity contribution in [2.24, 2.45) is 0 Å². The number of hydrogen-bond donors (Lipinski definition) is 2. The zero-order chi connectivity index (χ0) is 21.1. The van der Waals surface area contributed by atoms with E-state index in [1.807, 2.05) is 50.4 Å². The Labute approximate surface area is 177 Å². The lowest BCUT2D eigenvalue weighted by Crippen LogP contribution is -2.26. The molecular weight excluding hydrogens is 398 g/mol. The predicted molar refractivity (Wildman–Crippen MR) is 118 cm³/mol. The molecule has 3 heterocycles. The van der Waals surface area contributed by atoms with Crippen LogP contribution in [-0.2, 0) is 17.6 Å². The van der Waals surface area contributed by atoms with Crippen LogP contribution in [0.5, 0.6) is 0 Å². The van der Waals surface area contributed by atoms with Crippen LogP contribution >= 0.6 is 11.3 Å². The first-order valence-corrected chi connectivity index (χ1v) is 10.7. The van der Waals surface area contributed by atoms with Crippen molar-refractivity contribution in [2.45, 2.75) is 33.1 Å². The third kappa shape index (κ3) is 4.33. The second kappa shape index (κ2) is 8.62. The minimum Gasteiger partial charge on any atom is -0.356 e. The van der Waals surface area contributed by atoms with Gasteiger partial charge < -0.3 is 10.3 Å². The fourth-order valence-electron chi connectivity index (χ4n) is 3.32. The summed E-state index contributed by atoms with van der Waals surface area (Å²) in [7, 11) is 0. The number of aromatic amines is 1. The molecule has 0 bridgehead atoms. The first-order chi connectivity index (χ1) is 14.5. The predicted octanol–water partition coefficient (Wildman–Crippen LogP) is 3.08. The number of fused-ring (bicyclic) bond motifs is 1. The second-order valence-electron chi connectivity index (χ2n) is 7.19. The van der Waals surface area contributed by atoms with Crippen molar-refractivity contribution in [1.82, 2.24) is 25.1 Å². The van der Waals surface area contributed by atoms with Crippen LogP contribution in [0.4, 0.5) is 0 Å². The molecule has 2 N–H and O–H groups in total. The summed E-state index contributed by atoms with van der Waals surface area (Å²) >= 11 is 1.52. The Morgan fingerprint density at radius 1 is 1.20 bits per heavy atom. The Morgan fingerprint density at radius 2 is 2.00 bits per heavy atom. The topological polar surface area (TPSA) is 92.7 Å². The summed E-state index contributed by atoms with van der Waals surface area (Å²) in [6.45, 7) is 4.48. The van der Waals surface area contributed by atoms with E-state index in [1.54, 1.807) is 10.9 Å². The lowest BCUT2D eigenvalue weighted by molar-refractivity contribution is -0.121. The van der Waals surface area contributed by atoms with Crippen LogP contribution in [-0.4, -0.2) is 32.2 Å². The van der Waals surface area contributed by atoms with Gasteiger partial charge in [0.2, 0.25) is 5.91 Å². The van der Waals surface area contributed by atoms with Crippen molar-refractivity contribution >= 4 is 27.5 Å². The molecule has 0 fully saturated rings. The van der Waals surface area contributed by atoms with Gasteiger partial charge in [-0.05, 0) is 49.6 Å². The molecule has 30 heavy (non-hydrogen) atoms. The summed E-state index contributed by atoms with van der Waals surface area (Å²) in [5.74, 6) is 0.502. The largest absolute Gasteiger partial charge is 0.356 e. The van der Waals surface area contributed by atoms with Crippen LogP contribution in [0.3, 0.4) is 0 Å². The summed E-state index contributed by atoms with van der Waals surface area (Å²) < 4.78 is 1.81. The maximum absolute atomic E-state index is 12.3. The number of benzene rings is 1. The standard InChI is InChI=1S/C22H23N5O2S/c1-14-15(2)30-22-20(14)21(29)25-18(26-22)8-9-19(28)23-12-10-16-4-6-17(7-5-16)27-13-3-11-24-27/h3-7,11,13H,8-10,12H2,1-2H3,(H,23,28)(H,25,26,29). The first kappa shape index (κ1) is 20.0. The van der Waals surface area contributed by atoms with Crippen molar-refractivity contribution in [1.29, 1.82) is 0 Å². The molecule has 0 spiro atoms. The van der Waals surface area contributed by atoms with Gasteiger partial charge in [-0.15, -0.1) is 11.3 Å². The summed E-state index contributed by atoms with van der Waals surface area (Å²) in [5.41, 5.74) is 3.00. The van der Waals surface area contributed by atoms with Crippen molar-refractivity contribution in [3.63, 3.8) is 0 Å². The van der Waals surface area contributed by atoms with Gasteiger partial charge in [0.25, 0.3) is 5.56 Å². The Morgan fingerprint density at radius 3 is 2.73 bits per heavy atom. The molecule has 0 radical (unpaired) electrons. The van der Waals surface area contributed by atoms with Gasteiger partial charge in [0, 0.05) is 36.7 Å². The number of amides is 1. The SMILES string of the molecule is Cc1sc2nc(CCC(=O)NCCc3ccc(-n4cccn4)cc3)[nH]c(=O)c2c1C. The number of aromatic nitrogens is 4. The maximum Gasteiger partial charge on any atom is 0.259 e. The monoisotopic (exact) mass is 421 g/mol. The van der Waals surface area contributed by atoms with E-state index in [1.165, 1.54) is 11.3 Å². The lowest BCUT2D eigenvalue weighted by atomic mass is 10.1. The van der Waals surface area contributed by atoms with Crippen molar-refractivity contribution in [2.75, 3.05) is 6.54 Å². The van der Waals surface area contributed by atoms with Crippen LogP contribution in [0.1, 0.15) is 28.2 Å². The van der Waals surface area contributed by atoms with Gasteiger partial charge >= 0.3 is 0 Å². The molecule has 7 nitrogen and oxygen atoms in total. The number of hydrogen-bond acceptors (Lipinski definition) is 5. The third-order valence-corrected chi connectivity index (χ3v) is 6.22. The fraction of sp³-hybridized carbons (Fsp3) is 0.273. The molecule has 8 heteroatoms. The van der Waals surface area contributed by atoms with Gasteiger partial charge in [0.05, 0.1) is 11.1 Å². The van der Waals surface area contributed by atoms with E-state index in [9.17, 15) is 9.59 Å². The first-order valence-electron chi connectivity index (χ1n) is 9.86. The summed E-state index contributed by atoms with van der Waals surface area (Å²) in [4.78, 5) is 33.7. The Bertz CT molecular complexity index is 1220. The number of thiophene rings is 1. The molecule has 3 aromatic heterocycles. The Balaban J connectivity index is 1.27. The number of nitrogens with zero attached hydrogens (tertiary/aromatic N) is 3. The second-order valence-corrected chi connectivity index (χ2v) is 8.40. The van der Waals surface area contributed by atoms with E-state index in [0.29, 0.717) is 24.2 Å². The van der Waals surface area contributed by atoms with E-state index >= 15 is 0 Å². The molecule has 0 saturated carbocycles. The minimum atomic E-state index is -0.129. The quantitative estimate of drug-likeness (QED) is 0.480. The molecular formula is C22H23N5O2S. The van der Waals surface area contributed by atoms with Crippen LogP contribution < -0.4 is 10.9 Å². The molecule has 1 amide bonds. The van der Waals surface area contributed by atoms with Gasteiger partial charge in [0.1, 0.15) is 10.7 Å². The molecule has 0 atom stereocenters. The van der Waals surface area contributed by atoms with Gasteiger partial charge in [-0.2, -0.15) is 5.10 Å². The Kier molecular flexibility index (Phi) is 5.76. The van der Waals surface area contributed by atoms with Gasteiger partial charge in [-0.25, -0.2) is 9.67 Å². The average molecular weight is 422 g/mol. The van der Waals surface area contributed by atoms with E-state index in [2.05, 4.69) is 20.4 Å². The van der Waals surface area contributed by atoms with E-state index in [-0.39, 0.29) is 17.9 Å². The highest BCUT2D eigenvalue weighted by molar-refractivity contribution is 7.18. The molecule has 4 aromatic rings. The lowest BCUT2D eigenvalue weighted by Gasteiger charge is -2.07. The number of carbonyl (C=O) groups is 1. The smallest absolute Gasteiger partial charge is 0.259 e. The highest BCUT2D eigenvalue weighted by Gasteiger charge is 2.12. The van der Waals surface area contributed by atoms with Crippen LogP contribution in [0.25, 0.3) is 15.9 Å². The molecule has 0 unspecified atom stereocenters. The normalized spacial score (nSPS) is 11.1. The number of carbonyl (C=O) groups excluding carboxylic acids is 1. The van der Waals surface area contributed by atoms with Crippen molar-refractivity contribution < 1.29 is 4.79 Å². The maximum atomic E-state index is 12.3. The third-order valence-electron chi connectivity index (χ3n) is 5.12. The molecule has 154 valence electrons. The number of H-pyrrole nitrogens is 1. The summed E-state index contributed by atoms with van der Waals surface area (Å²) in [6.07, 6.45) is 5.09.